The number of carboxylic acid groups (broad SMARTS) is 1. The molecule has 1 atom stereocenters. The SMILES string of the molecule is Cc1ccccc1OCC(CC(=O)O)C(C)C. The lowest BCUT2D eigenvalue weighted by Gasteiger charge is -2.20. The van der Waals surface area contributed by atoms with E-state index in [1.165, 1.54) is 0 Å². The van der Waals surface area contributed by atoms with Gasteiger partial charge in [-0.15, -0.1) is 0 Å². The molecule has 0 fully saturated rings. The first-order valence-corrected chi connectivity index (χ1v) is 5.91. The van der Waals surface area contributed by atoms with Crippen LogP contribution in [0.2, 0.25) is 0 Å². The summed E-state index contributed by atoms with van der Waals surface area (Å²) in [7, 11) is 0. The van der Waals surface area contributed by atoms with Gasteiger partial charge in [-0.05, 0) is 24.5 Å². The summed E-state index contributed by atoms with van der Waals surface area (Å²) in [6.45, 7) is 6.48. The van der Waals surface area contributed by atoms with Gasteiger partial charge in [-0.2, -0.15) is 0 Å². The highest BCUT2D eigenvalue weighted by molar-refractivity contribution is 5.67. The normalized spacial score (nSPS) is 12.5. The quantitative estimate of drug-likeness (QED) is 0.825. The van der Waals surface area contributed by atoms with Gasteiger partial charge in [0, 0.05) is 5.92 Å². The van der Waals surface area contributed by atoms with E-state index in [2.05, 4.69) is 0 Å². The van der Waals surface area contributed by atoms with E-state index < -0.39 is 5.97 Å². The molecule has 0 spiro atoms. The van der Waals surface area contributed by atoms with E-state index in [4.69, 9.17) is 9.84 Å². The first-order chi connectivity index (χ1) is 8.00. The largest absolute Gasteiger partial charge is 0.493 e. The molecule has 0 saturated heterocycles. The van der Waals surface area contributed by atoms with Crippen molar-refractivity contribution in [2.24, 2.45) is 11.8 Å². The predicted molar refractivity (Wildman–Crippen MR) is 67.3 cm³/mol. The summed E-state index contributed by atoms with van der Waals surface area (Å²) in [4.78, 5) is 10.7. The van der Waals surface area contributed by atoms with Crippen LogP contribution in [0, 0.1) is 18.8 Å². The zero-order valence-electron chi connectivity index (χ0n) is 10.6. The number of para-hydroxylation sites is 1. The summed E-state index contributed by atoms with van der Waals surface area (Å²) in [6, 6.07) is 7.77. The Bertz CT molecular complexity index is 371. The Kier molecular flexibility index (Phi) is 5.01. The van der Waals surface area contributed by atoms with Crippen molar-refractivity contribution >= 4 is 5.97 Å². The van der Waals surface area contributed by atoms with Crippen molar-refractivity contribution in [3.05, 3.63) is 29.8 Å². The molecule has 0 aromatic heterocycles. The van der Waals surface area contributed by atoms with Crippen molar-refractivity contribution in [3.8, 4) is 5.75 Å². The number of rotatable bonds is 6. The molecule has 0 saturated carbocycles. The molecule has 0 aliphatic rings. The summed E-state index contributed by atoms with van der Waals surface area (Å²) in [5, 5.41) is 8.83. The highest BCUT2D eigenvalue weighted by Crippen LogP contribution is 2.21. The second-order valence-corrected chi connectivity index (χ2v) is 4.68. The fourth-order valence-electron chi connectivity index (χ4n) is 1.63. The van der Waals surface area contributed by atoms with Gasteiger partial charge in [-0.25, -0.2) is 0 Å². The highest BCUT2D eigenvalue weighted by Gasteiger charge is 2.18. The molecule has 0 heterocycles. The lowest BCUT2D eigenvalue weighted by atomic mass is 9.93. The van der Waals surface area contributed by atoms with Crippen LogP contribution in [0.5, 0.6) is 5.75 Å². The Morgan fingerprint density at radius 3 is 2.53 bits per heavy atom. The molecule has 0 radical (unpaired) electrons. The van der Waals surface area contributed by atoms with Crippen LogP contribution in [0.25, 0.3) is 0 Å². The average molecular weight is 236 g/mol. The van der Waals surface area contributed by atoms with Gasteiger partial charge in [-0.3, -0.25) is 4.79 Å². The Labute approximate surface area is 102 Å². The van der Waals surface area contributed by atoms with E-state index in [1.807, 2.05) is 45.0 Å². The summed E-state index contributed by atoms with van der Waals surface area (Å²) in [5.41, 5.74) is 1.07. The van der Waals surface area contributed by atoms with E-state index in [1.54, 1.807) is 0 Å². The number of aryl methyl sites for hydroxylation is 1. The summed E-state index contributed by atoms with van der Waals surface area (Å²) < 4.78 is 5.70. The van der Waals surface area contributed by atoms with Crippen LogP contribution in [0.3, 0.4) is 0 Å². The third-order valence-electron chi connectivity index (χ3n) is 2.93. The topological polar surface area (TPSA) is 46.5 Å². The Balaban J connectivity index is 2.58. The van der Waals surface area contributed by atoms with Crippen LogP contribution in [-0.4, -0.2) is 17.7 Å². The molecule has 1 aromatic carbocycles. The molecule has 0 aliphatic heterocycles. The lowest BCUT2D eigenvalue weighted by molar-refractivity contribution is -0.138. The molecule has 3 nitrogen and oxygen atoms in total. The third kappa shape index (κ3) is 4.47. The van der Waals surface area contributed by atoms with Gasteiger partial charge < -0.3 is 9.84 Å². The van der Waals surface area contributed by atoms with Gasteiger partial charge in [0.1, 0.15) is 5.75 Å². The summed E-state index contributed by atoms with van der Waals surface area (Å²) in [6.07, 6.45) is 0.156. The Morgan fingerprint density at radius 1 is 1.35 bits per heavy atom. The number of carbonyl (C=O) groups is 1. The van der Waals surface area contributed by atoms with Crippen molar-refractivity contribution < 1.29 is 14.6 Å². The smallest absolute Gasteiger partial charge is 0.303 e. The van der Waals surface area contributed by atoms with Gasteiger partial charge in [0.25, 0.3) is 0 Å². The van der Waals surface area contributed by atoms with Gasteiger partial charge in [-0.1, -0.05) is 32.0 Å². The highest BCUT2D eigenvalue weighted by atomic mass is 16.5. The summed E-state index contributed by atoms with van der Waals surface area (Å²) >= 11 is 0. The predicted octanol–water partition coefficient (Wildman–Crippen LogP) is 3.12. The van der Waals surface area contributed by atoms with E-state index >= 15 is 0 Å². The van der Waals surface area contributed by atoms with Crippen molar-refractivity contribution in [1.29, 1.82) is 0 Å². The maximum atomic E-state index is 10.7. The minimum absolute atomic E-state index is 0.0482. The zero-order valence-corrected chi connectivity index (χ0v) is 10.6. The van der Waals surface area contributed by atoms with Crippen LogP contribution in [0.4, 0.5) is 0 Å². The number of hydrogen-bond donors (Lipinski definition) is 1. The van der Waals surface area contributed by atoms with E-state index in [9.17, 15) is 4.79 Å². The van der Waals surface area contributed by atoms with Crippen molar-refractivity contribution in [2.75, 3.05) is 6.61 Å². The van der Waals surface area contributed by atoms with Crippen LogP contribution >= 0.6 is 0 Å². The minimum atomic E-state index is -0.767. The van der Waals surface area contributed by atoms with Crippen molar-refractivity contribution in [1.82, 2.24) is 0 Å². The monoisotopic (exact) mass is 236 g/mol. The number of carboxylic acids is 1. The first-order valence-electron chi connectivity index (χ1n) is 5.91. The van der Waals surface area contributed by atoms with Gasteiger partial charge in [0.15, 0.2) is 0 Å². The molecular formula is C14H20O3. The van der Waals surface area contributed by atoms with Crippen LogP contribution in [0.1, 0.15) is 25.8 Å². The van der Waals surface area contributed by atoms with Crippen LogP contribution in [0.15, 0.2) is 24.3 Å². The first kappa shape index (κ1) is 13.6. The number of ether oxygens (including phenoxy) is 1. The van der Waals surface area contributed by atoms with Gasteiger partial charge in [0.2, 0.25) is 0 Å². The number of hydrogen-bond acceptors (Lipinski definition) is 2. The van der Waals surface area contributed by atoms with Crippen molar-refractivity contribution in [2.45, 2.75) is 27.2 Å². The molecule has 17 heavy (non-hydrogen) atoms. The third-order valence-corrected chi connectivity index (χ3v) is 2.93. The molecule has 0 bridgehead atoms. The van der Waals surface area contributed by atoms with Gasteiger partial charge >= 0.3 is 5.97 Å². The Hall–Kier alpha value is -1.51. The molecule has 94 valence electrons. The van der Waals surface area contributed by atoms with E-state index in [-0.39, 0.29) is 12.3 Å². The number of aliphatic carboxylic acids is 1. The lowest BCUT2D eigenvalue weighted by Crippen LogP contribution is -2.21. The van der Waals surface area contributed by atoms with Crippen LogP contribution in [-0.2, 0) is 4.79 Å². The number of benzene rings is 1. The molecule has 1 rings (SSSR count). The van der Waals surface area contributed by atoms with Crippen molar-refractivity contribution in [3.63, 3.8) is 0 Å². The molecule has 3 heteroatoms. The second kappa shape index (κ2) is 6.28. The molecule has 1 N–H and O–H groups in total. The molecule has 0 aliphatic carbocycles. The second-order valence-electron chi connectivity index (χ2n) is 4.68. The fraction of sp³-hybridized carbons (Fsp3) is 0.500. The Morgan fingerprint density at radius 2 is 2.00 bits per heavy atom. The maximum Gasteiger partial charge on any atom is 0.303 e. The maximum absolute atomic E-state index is 10.7. The fourth-order valence-corrected chi connectivity index (χ4v) is 1.63. The molecular weight excluding hydrogens is 216 g/mol. The van der Waals surface area contributed by atoms with E-state index in [0.717, 1.165) is 11.3 Å². The van der Waals surface area contributed by atoms with Gasteiger partial charge in [0.05, 0.1) is 13.0 Å². The molecule has 0 amide bonds. The standard InChI is InChI=1S/C14H20O3/c1-10(2)12(8-14(15)16)9-17-13-7-5-4-6-11(13)3/h4-7,10,12H,8-9H2,1-3H3,(H,15,16). The van der Waals surface area contributed by atoms with Crippen LogP contribution < -0.4 is 4.74 Å². The average Bonchev–Trinajstić information content (AvgIpc) is 2.25. The summed E-state index contributed by atoms with van der Waals surface area (Å²) in [5.74, 6) is 0.419. The zero-order chi connectivity index (χ0) is 12.8. The molecule has 1 aromatic rings. The molecule has 1 unspecified atom stereocenters. The van der Waals surface area contributed by atoms with E-state index in [0.29, 0.717) is 12.5 Å². The minimum Gasteiger partial charge on any atom is -0.493 e.